The van der Waals surface area contributed by atoms with Crippen molar-refractivity contribution < 1.29 is 22.4 Å². The van der Waals surface area contributed by atoms with E-state index < -0.39 is 21.6 Å². The maximum absolute atomic E-state index is 14.0. The lowest BCUT2D eigenvalue weighted by molar-refractivity contribution is -0.137. The summed E-state index contributed by atoms with van der Waals surface area (Å²) in [5.41, 5.74) is 0.179. The maximum atomic E-state index is 14.0. The number of anilines is 1. The van der Waals surface area contributed by atoms with Crippen LogP contribution in [-0.2, 0) is 19.4 Å². The molecule has 0 spiro atoms. The number of sulfone groups is 1. The van der Waals surface area contributed by atoms with E-state index >= 15 is 0 Å². The fourth-order valence-electron chi connectivity index (χ4n) is 3.75. The molecule has 2 atom stereocenters. The quantitative estimate of drug-likeness (QED) is 0.775. The number of para-hydroxylation sites is 1. The van der Waals surface area contributed by atoms with Gasteiger partial charge in [0.05, 0.1) is 23.1 Å². The third kappa shape index (κ3) is 3.75. The Hall–Kier alpha value is -1.96. The standard InChI is InChI=1S/C18H23FN2O4S/c1-2-8-20(14-7-9-26(24,25)12-14)18(23)13-10-17(22)21(11-13)16-6-4-3-5-15(16)19/h3-6,13-14H,2,7-12H2,1H3/t13-,14-/m1/s1. The summed E-state index contributed by atoms with van der Waals surface area (Å²) in [6.45, 7) is 2.51. The number of carbonyl (C=O) groups excluding carboxylic acids is 2. The number of hydrogen-bond acceptors (Lipinski definition) is 4. The van der Waals surface area contributed by atoms with Crippen LogP contribution >= 0.6 is 0 Å². The molecule has 3 rings (SSSR count). The number of nitrogens with zero attached hydrogens (tertiary/aromatic N) is 2. The predicted octanol–water partition coefficient (Wildman–Crippen LogP) is 1.60. The first kappa shape index (κ1) is 18.8. The van der Waals surface area contributed by atoms with E-state index in [-0.39, 0.29) is 48.0 Å². The minimum Gasteiger partial charge on any atom is -0.338 e. The Morgan fingerprint density at radius 3 is 2.69 bits per heavy atom. The van der Waals surface area contributed by atoms with Crippen molar-refractivity contribution >= 4 is 27.3 Å². The molecule has 8 heteroatoms. The molecule has 0 saturated carbocycles. The lowest BCUT2D eigenvalue weighted by Crippen LogP contribution is -2.45. The van der Waals surface area contributed by atoms with E-state index in [1.165, 1.54) is 17.0 Å². The second-order valence-electron chi connectivity index (χ2n) is 6.95. The summed E-state index contributed by atoms with van der Waals surface area (Å²) >= 11 is 0. The highest BCUT2D eigenvalue weighted by Gasteiger charge is 2.41. The fraction of sp³-hybridized carbons (Fsp3) is 0.556. The molecule has 0 aliphatic carbocycles. The number of amides is 2. The molecule has 0 N–H and O–H groups in total. The molecule has 0 bridgehead atoms. The molecule has 2 aliphatic rings. The van der Waals surface area contributed by atoms with Crippen LogP contribution in [0.25, 0.3) is 0 Å². The van der Waals surface area contributed by atoms with Crippen molar-refractivity contribution in [3.8, 4) is 0 Å². The second-order valence-corrected chi connectivity index (χ2v) is 9.17. The summed E-state index contributed by atoms with van der Waals surface area (Å²) in [6.07, 6.45) is 1.17. The van der Waals surface area contributed by atoms with E-state index in [2.05, 4.69) is 0 Å². The van der Waals surface area contributed by atoms with Crippen molar-refractivity contribution in [2.24, 2.45) is 5.92 Å². The van der Waals surface area contributed by atoms with Crippen LogP contribution in [0.4, 0.5) is 10.1 Å². The van der Waals surface area contributed by atoms with E-state index in [9.17, 15) is 22.4 Å². The summed E-state index contributed by atoms with van der Waals surface area (Å²) in [4.78, 5) is 28.3. The molecule has 2 amide bonds. The minimum atomic E-state index is -3.11. The molecule has 142 valence electrons. The molecule has 2 fully saturated rings. The molecular formula is C18H23FN2O4S. The van der Waals surface area contributed by atoms with Crippen LogP contribution in [0.3, 0.4) is 0 Å². The number of halogens is 1. The van der Waals surface area contributed by atoms with Crippen LogP contribution in [0, 0.1) is 11.7 Å². The van der Waals surface area contributed by atoms with Crippen LogP contribution in [-0.4, -0.2) is 55.8 Å². The monoisotopic (exact) mass is 382 g/mol. The van der Waals surface area contributed by atoms with Crippen molar-refractivity contribution in [1.29, 1.82) is 0 Å². The largest absolute Gasteiger partial charge is 0.338 e. The molecule has 2 saturated heterocycles. The maximum Gasteiger partial charge on any atom is 0.228 e. The Kier molecular flexibility index (Phi) is 5.32. The van der Waals surface area contributed by atoms with Gasteiger partial charge in [0.25, 0.3) is 0 Å². The van der Waals surface area contributed by atoms with E-state index in [0.717, 1.165) is 0 Å². The molecular weight excluding hydrogens is 359 g/mol. The van der Waals surface area contributed by atoms with Gasteiger partial charge in [0, 0.05) is 25.6 Å². The Balaban J connectivity index is 1.76. The van der Waals surface area contributed by atoms with Gasteiger partial charge in [-0.2, -0.15) is 0 Å². The van der Waals surface area contributed by atoms with Crippen LogP contribution in [0.1, 0.15) is 26.2 Å². The normalized spacial score (nSPS) is 24.8. The molecule has 26 heavy (non-hydrogen) atoms. The SMILES string of the molecule is CCCN(C(=O)[C@@H]1CC(=O)N(c2ccccc2F)C1)[C@@H]1CCS(=O)(=O)C1. The number of rotatable bonds is 5. The summed E-state index contributed by atoms with van der Waals surface area (Å²) < 4.78 is 37.6. The summed E-state index contributed by atoms with van der Waals surface area (Å²) in [5, 5.41) is 0. The Morgan fingerprint density at radius 2 is 2.08 bits per heavy atom. The summed E-state index contributed by atoms with van der Waals surface area (Å²) in [5.74, 6) is -1.49. The molecule has 2 heterocycles. The van der Waals surface area contributed by atoms with Gasteiger partial charge in [0.15, 0.2) is 9.84 Å². The zero-order valence-corrected chi connectivity index (χ0v) is 15.5. The van der Waals surface area contributed by atoms with Crippen LogP contribution in [0.2, 0.25) is 0 Å². The zero-order valence-electron chi connectivity index (χ0n) is 14.7. The van der Waals surface area contributed by atoms with E-state index in [0.29, 0.717) is 19.4 Å². The number of benzene rings is 1. The fourth-order valence-corrected chi connectivity index (χ4v) is 5.48. The molecule has 1 aromatic rings. The Morgan fingerprint density at radius 1 is 1.35 bits per heavy atom. The molecule has 0 unspecified atom stereocenters. The third-order valence-electron chi connectivity index (χ3n) is 5.01. The first-order chi connectivity index (χ1) is 12.3. The van der Waals surface area contributed by atoms with Gasteiger partial charge < -0.3 is 9.80 Å². The van der Waals surface area contributed by atoms with Crippen molar-refractivity contribution in [2.45, 2.75) is 32.2 Å². The van der Waals surface area contributed by atoms with E-state index in [1.54, 1.807) is 17.0 Å². The third-order valence-corrected chi connectivity index (χ3v) is 6.76. The van der Waals surface area contributed by atoms with Crippen LogP contribution < -0.4 is 4.90 Å². The van der Waals surface area contributed by atoms with Crippen LogP contribution in [0.5, 0.6) is 0 Å². The van der Waals surface area contributed by atoms with Crippen LogP contribution in [0.15, 0.2) is 24.3 Å². The number of hydrogen-bond donors (Lipinski definition) is 0. The molecule has 1 aromatic carbocycles. The van der Waals surface area contributed by atoms with Gasteiger partial charge in [-0.15, -0.1) is 0 Å². The number of carbonyl (C=O) groups is 2. The highest BCUT2D eigenvalue weighted by Crippen LogP contribution is 2.29. The van der Waals surface area contributed by atoms with Gasteiger partial charge in [-0.25, -0.2) is 12.8 Å². The van der Waals surface area contributed by atoms with Gasteiger partial charge in [-0.3, -0.25) is 9.59 Å². The average molecular weight is 382 g/mol. The Labute approximate surface area is 152 Å². The lowest BCUT2D eigenvalue weighted by atomic mass is 10.0. The van der Waals surface area contributed by atoms with Gasteiger partial charge in [-0.1, -0.05) is 19.1 Å². The topological polar surface area (TPSA) is 74.8 Å². The summed E-state index contributed by atoms with van der Waals surface area (Å²) in [6, 6.07) is 5.67. The first-order valence-electron chi connectivity index (χ1n) is 8.88. The Bertz CT molecular complexity index is 811. The highest BCUT2D eigenvalue weighted by atomic mass is 32.2. The first-order valence-corrected chi connectivity index (χ1v) is 10.7. The summed E-state index contributed by atoms with van der Waals surface area (Å²) in [7, 11) is -3.11. The molecule has 0 radical (unpaired) electrons. The van der Waals surface area contributed by atoms with Gasteiger partial charge in [0.2, 0.25) is 11.8 Å². The van der Waals surface area contributed by atoms with Gasteiger partial charge >= 0.3 is 0 Å². The van der Waals surface area contributed by atoms with E-state index in [1.807, 2.05) is 6.92 Å². The zero-order chi connectivity index (χ0) is 18.9. The van der Waals surface area contributed by atoms with Gasteiger partial charge in [-0.05, 0) is 25.0 Å². The van der Waals surface area contributed by atoms with Crippen molar-refractivity contribution in [2.75, 3.05) is 29.5 Å². The average Bonchev–Trinajstić information content (AvgIpc) is 3.15. The van der Waals surface area contributed by atoms with Gasteiger partial charge in [0.1, 0.15) is 5.82 Å². The van der Waals surface area contributed by atoms with Crippen molar-refractivity contribution in [1.82, 2.24) is 4.90 Å². The molecule has 0 aromatic heterocycles. The van der Waals surface area contributed by atoms with Crippen molar-refractivity contribution in [3.05, 3.63) is 30.1 Å². The van der Waals surface area contributed by atoms with Crippen molar-refractivity contribution in [3.63, 3.8) is 0 Å². The highest BCUT2D eigenvalue weighted by molar-refractivity contribution is 7.91. The molecule has 6 nitrogen and oxygen atoms in total. The second kappa shape index (κ2) is 7.34. The molecule has 2 aliphatic heterocycles. The smallest absolute Gasteiger partial charge is 0.228 e. The minimum absolute atomic E-state index is 0.0174. The predicted molar refractivity (Wildman–Crippen MR) is 95.9 cm³/mol. The lowest BCUT2D eigenvalue weighted by Gasteiger charge is -2.30. The van der Waals surface area contributed by atoms with E-state index in [4.69, 9.17) is 0 Å².